The molecule has 11 rings (SSSR count). The highest BCUT2D eigenvalue weighted by atomic mass is 16.3. The van der Waals surface area contributed by atoms with Crippen LogP contribution in [0.2, 0.25) is 0 Å². The molecule has 0 N–H and O–H groups in total. The molecular weight excluding hydrogens is 621 g/mol. The van der Waals surface area contributed by atoms with E-state index in [0.717, 1.165) is 4.57 Å². The van der Waals surface area contributed by atoms with E-state index >= 15 is 0 Å². The third-order valence-corrected chi connectivity index (χ3v) is 8.61. The van der Waals surface area contributed by atoms with Crippen LogP contribution in [-0.4, -0.2) is 9.13 Å². The van der Waals surface area contributed by atoms with E-state index in [2.05, 4.69) is 0 Å². The van der Waals surface area contributed by atoms with Gasteiger partial charge in [0.2, 0.25) is 0 Å². The molecule has 0 amide bonds. The Kier molecular flexibility index (Phi) is 2.79. The van der Waals surface area contributed by atoms with Gasteiger partial charge in [0.15, 0.2) is 0 Å². The smallest absolute Gasteiger partial charge is 0.137 e. The lowest BCUT2D eigenvalue weighted by molar-refractivity contribution is 0.668. The molecule has 3 nitrogen and oxygen atoms in total. The van der Waals surface area contributed by atoms with Crippen molar-refractivity contribution < 1.29 is 38.7 Å². The van der Waals surface area contributed by atoms with Crippen molar-refractivity contribution in [3.8, 4) is 33.6 Å². The average Bonchev–Trinajstić information content (AvgIpc) is 4.23. The van der Waals surface area contributed by atoms with Crippen LogP contribution in [0.15, 0.2) is 186 Å². The molecule has 0 spiro atoms. The molecule has 0 radical (unpaired) electrons. The zero-order valence-corrected chi connectivity index (χ0v) is 25.7. The molecule has 0 atom stereocenters. The highest BCUT2D eigenvalue weighted by Gasteiger charge is 2.18. The van der Waals surface area contributed by atoms with Crippen LogP contribution in [-0.2, 0) is 0 Å². The number of rotatable bonds is 4. The van der Waals surface area contributed by atoms with Gasteiger partial charge in [-0.3, -0.25) is 0 Å². The molecule has 0 saturated carbocycles. The van der Waals surface area contributed by atoms with Crippen LogP contribution in [0.3, 0.4) is 0 Å². The number of benzene rings is 8. The van der Waals surface area contributed by atoms with Crippen molar-refractivity contribution in [1.29, 1.82) is 0 Å². The fourth-order valence-corrected chi connectivity index (χ4v) is 6.45. The summed E-state index contributed by atoms with van der Waals surface area (Å²) in [7, 11) is 0. The zero-order chi connectivity index (χ0) is 55.2. The monoisotopic (exact) mass is 675 g/mol. The molecule has 0 saturated heterocycles. The molecule has 3 heteroatoms. The lowest BCUT2D eigenvalue weighted by Crippen LogP contribution is -1.93. The molecule has 0 fully saturated rings. The first-order chi connectivity index (χ1) is 35.7. The molecule has 0 bridgehead atoms. The Bertz CT molecular complexity index is 4550. The molecule has 0 aliphatic rings. The predicted molar refractivity (Wildman–Crippen MR) is 213 cm³/mol. The minimum Gasteiger partial charge on any atom is -0.456 e. The van der Waals surface area contributed by atoms with Gasteiger partial charge in [-0.2, -0.15) is 0 Å². The van der Waals surface area contributed by atoms with E-state index in [9.17, 15) is 15.1 Å². The molecule has 51 heavy (non-hydrogen) atoms. The number of furan rings is 1. The van der Waals surface area contributed by atoms with Gasteiger partial charge in [-0.25, -0.2) is 0 Å². The summed E-state index contributed by atoms with van der Waals surface area (Å²) in [5.74, 6) is 0. The van der Waals surface area contributed by atoms with Crippen LogP contribution in [0.4, 0.5) is 0 Å². The van der Waals surface area contributed by atoms with Crippen LogP contribution in [0, 0.1) is 0 Å². The summed E-state index contributed by atoms with van der Waals surface area (Å²) >= 11 is 0. The quantitative estimate of drug-likeness (QED) is 0.182. The highest BCUT2D eigenvalue weighted by Crippen LogP contribution is 2.41. The Morgan fingerprint density at radius 1 is 0.392 bits per heavy atom. The Labute approximate surface area is 329 Å². The third-order valence-electron chi connectivity index (χ3n) is 8.61. The molecule has 0 aliphatic carbocycles. The summed E-state index contributed by atoms with van der Waals surface area (Å²) in [5, 5.41) is -2.53. The van der Waals surface area contributed by atoms with Crippen LogP contribution < -0.4 is 0 Å². The topological polar surface area (TPSA) is 23.0 Å². The van der Waals surface area contributed by atoms with E-state index < -0.39 is 223 Å². The van der Waals surface area contributed by atoms with Gasteiger partial charge in [0.1, 0.15) is 11.2 Å². The Morgan fingerprint density at radius 2 is 1.00 bits per heavy atom. The van der Waals surface area contributed by atoms with Gasteiger partial charge in [-0.15, -0.1) is 0 Å². The molecule has 11 aromatic rings. The summed E-state index contributed by atoms with van der Waals surface area (Å²) < 4.78 is 234. The first kappa shape index (κ1) is 13.1. The second-order valence-electron chi connectivity index (χ2n) is 11.4. The largest absolute Gasteiger partial charge is 0.456 e. The van der Waals surface area contributed by atoms with Gasteiger partial charge in [0, 0.05) is 49.7 Å². The van der Waals surface area contributed by atoms with Crippen LogP contribution in [0.1, 0.15) is 34.3 Å². The Balaban J connectivity index is 1.31. The zero-order valence-electron chi connectivity index (χ0n) is 50.7. The minimum absolute atomic E-state index is 0.157. The molecular formula is C48H30N2O. The number of aromatic nitrogens is 2. The molecule has 0 aliphatic heterocycles. The van der Waals surface area contributed by atoms with Crippen molar-refractivity contribution >= 4 is 65.6 Å². The Morgan fingerprint density at radius 3 is 1.69 bits per heavy atom. The summed E-state index contributed by atoms with van der Waals surface area (Å²) in [5.41, 5.74) is -5.74. The van der Waals surface area contributed by atoms with Crippen molar-refractivity contribution in [2.24, 2.45) is 0 Å². The van der Waals surface area contributed by atoms with Crippen molar-refractivity contribution in [3.63, 3.8) is 0 Å². The van der Waals surface area contributed by atoms with E-state index in [1.54, 1.807) is 30.3 Å². The molecule has 0 unspecified atom stereocenters. The minimum atomic E-state index is -0.946. The van der Waals surface area contributed by atoms with Gasteiger partial charge in [0.25, 0.3) is 0 Å². The van der Waals surface area contributed by atoms with E-state index in [0.29, 0.717) is 5.69 Å². The van der Waals surface area contributed by atoms with Crippen molar-refractivity contribution in [2.45, 2.75) is 0 Å². The van der Waals surface area contributed by atoms with E-state index in [1.165, 1.54) is 4.57 Å². The lowest BCUT2D eigenvalue weighted by atomic mass is 9.99. The number of nitrogens with zero attached hydrogens (tertiary/aromatic N) is 2. The van der Waals surface area contributed by atoms with Crippen molar-refractivity contribution in [3.05, 3.63) is 181 Å². The number of fused-ring (bicyclic) bond motifs is 9. The van der Waals surface area contributed by atoms with Gasteiger partial charge in [0.05, 0.1) is 56.3 Å². The number of hydrogen-bond acceptors (Lipinski definition) is 1. The molecule has 238 valence electrons. The summed E-state index contributed by atoms with van der Waals surface area (Å²) in [6.45, 7) is 0. The average molecular weight is 676 g/mol. The fourth-order valence-electron chi connectivity index (χ4n) is 6.45. The van der Waals surface area contributed by atoms with Crippen LogP contribution in [0.25, 0.3) is 99.2 Å². The molecule has 3 aromatic heterocycles. The standard InChI is InChI=1S/C48H30N2O/c1-3-12-31(13-4-1)36-18-11-21-46-48(36)39-25-24-35(30-47(39)51-46)50-43-20-10-8-17-38(43)41-29-33(23-27-45(41)50)32-22-26-44-40(28-32)37-16-7-9-19-42(37)49(44)34-14-5-2-6-15-34/h1-30H/i1D,3D,4D,7D,8D,9D,10D,11D,12D,13D,16D,17D,18D,19D,20D,21D,22D,23D,24D,25D,26D,27D,28D,29D,30D. The lowest BCUT2D eigenvalue weighted by Gasteiger charge is -2.09. The van der Waals surface area contributed by atoms with E-state index in [-0.39, 0.29) is 21.8 Å². The first-order valence-corrected chi connectivity index (χ1v) is 15.4. The van der Waals surface area contributed by atoms with Crippen LogP contribution >= 0.6 is 0 Å². The second-order valence-corrected chi connectivity index (χ2v) is 11.4. The summed E-state index contributed by atoms with van der Waals surface area (Å²) in [4.78, 5) is 0. The Hall–Kier alpha value is -6.84. The highest BCUT2D eigenvalue weighted by molar-refractivity contribution is 6.15. The van der Waals surface area contributed by atoms with Crippen LogP contribution in [0.5, 0.6) is 0 Å². The summed E-state index contributed by atoms with van der Waals surface area (Å²) in [6, 6.07) is -11.9. The van der Waals surface area contributed by atoms with E-state index in [4.69, 9.17) is 23.6 Å². The molecule has 3 heterocycles. The van der Waals surface area contributed by atoms with Crippen molar-refractivity contribution in [1.82, 2.24) is 9.13 Å². The maximum absolute atomic E-state index is 9.88. The maximum Gasteiger partial charge on any atom is 0.137 e. The van der Waals surface area contributed by atoms with Crippen molar-refractivity contribution in [2.75, 3.05) is 0 Å². The normalized spacial score (nSPS) is 18.8. The van der Waals surface area contributed by atoms with E-state index in [1.807, 2.05) is 0 Å². The SMILES string of the molecule is [2H]c1c([2H])c([2H])c(-c2c([2H])c([2H])c([2H])c3oc4c([2H])c(-n5c6c([2H])c([2H])c([2H])c([2H])c6c6c([2H])c(-c7c([2H])c([2H])c8c(c7[2H])c7c([2H])c([2H])c([2H])c([2H])c7n8-c7ccccc7)c([2H])c([2H])c65)c([2H])c([2H])c4c23)c([2H])c1[2H]. The summed E-state index contributed by atoms with van der Waals surface area (Å²) in [6.07, 6.45) is 0. The predicted octanol–water partition coefficient (Wildman–Crippen LogP) is 13.1. The van der Waals surface area contributed by atoms with Gasteiger partial charge in [-0.05, 0) is 88.8 Å². The number of para-hydroxylation sites is 3. The second kappa shape index (κ2) is 10.8. The van der Waals surface area contributed by atoms with Gasteiger partial charge < -0.3 is 13.6 Å². The van der Waals surface area contributed by atoms with Gasteiger partial charge >= 0.3 is 0 Å². The molecule has 8 aromatic carbocycles. The third kappa shape index (κ3) is 4.19. The number of hydrogen-bond donors (Lipinski definition) is 0. The van der Waals surface area contributed by atoms with Gasteiger partial charge in [-0.1, -0.05) is 109 Å². The first-order valence-electron chi connectivity index (χ1n) is 27.9. The fraction of sp³-hybridized carbons (Fsp3) is 0. The maximum atomic E-state index is 9.88.